The molecule has 0 saturated heterocycles. The Labute approximate surface area is 170 Å². The molecule has 2 heterocycles. The molecule has 0 bridgehead atoms. The number of imidazole rings is 1. The van der Waals surface area contributed by atoms with Crippen LogP contribution in [0.5, 0.6) is 5.75 Å². The molecule has 0 aliphatic rings. The van der Waals surface area contributed by atoms with Crippen molar-refractivity contribution in [2.45, 2.75) is 12.1 Å². The van der Waals surface area contributed by atoms with Crippen LogP contribution in [-0.2, 0) is 4.79 Å². The number of aromatic nitrogens is 3. The maximum atomic E-state index is 12.4. The van der Waals surface area contributed by atoms with Gasteiger partial charge < -0.3 is 10.1 Å². The summed E-state index contributed by atoms with van der Waals surface area (Å²) in [6.45, 7) is 2.04. The van der Waals surface area contributed by atoms with Crippen LogP contribution in [0.2, 0.25) is 0 Å². The molecule has 6 nitrogen and oxygen atoms in total. The predicted octanol–water partition coefficient (Wildman–Crippen LogP) is 4.53. The van der Waals surface area contributed by atoms with Crippen LogP contribution in [0.1, 0.15) is 5.56 Å². The fourth-order valence-electron chi connectivity index (χ4n) is 2.71. The predicted molar refractivity (Wildman–Crippen MR) is 114 cm³/mol. The van der Waals surface area contributed by atoms with E-state index in [1.807, 2.05) is 54.1 Å². The van der Waals surface area contributed by atoms with Gasteiger partial charge in [-0.25, -0.2) is 9.97 Å². The van der Waals surface area contributed by atoms with Gasteiger partial charge in [-0.15, -0.1) is 0 Å². The van der Waals surface area contributed by atoms with E-state index in [9.17, 15) is 4.79 Å². The Hall–Kier alpha value is -2.84. The molecule has 2 aromatic carbocycles. The van der Waals surface area contributed by atoms with Crippen molar-refractivity contribution in [3.63, 3.8) is 0 Å². The van der Waals surface area contributed by atoms with Crippen molar-refractivity contribution >= 4 is 44.4 Å². The minimum Gasteiger partial charge on any atom is -0.497 e. The number of aryl methyl sites for hydroxylation is 1. The van der Waals surface area contributed by atoms with Gasteiger partial charge in [-0.1, -0.05) is 29.2 Å². The first-order valence-electron chi connectivity index (χ1n) is 8.60. The fraction of sp³-hybridized carbons (Fsp3) is 0.150. The molecule has 0 atom stereocenters. The van der Waals surface area contributed by atoms with Crippen LogP contribution in [0.25, 0.3) is 15.9 Å². The van der Waals surface area contributed by atoms with Crippen LogP contribution in [0.3, 0.4) is 0 Å². The molecule has 1 N–H and O–H groups in total. The number of thiazole rings is 1. The van der Waals surface area contributed by atoms with E-state index in [0.717, 1.165) is 26.8 Å². The molecule has 0 aliphatic heterocycles. The normalized spacial score (nSPS) is 10.9. The monoisotopic (exact) mass is 410 g/mol. The quantitative estimate of drug-likeness (QED) is 0.473. The van der Waals surface area contributed by atoms with Crippen LogP contribution < -0.4 is 10.1 Å². The average molecular weight is 411 g/mol. The highest BCUT2D eigenvalue weighted by Crippen LogP contribution is 2.27. The van der Waals surface area contributed by atoms with Gasteiger partial charge in [-0.05, 0) is 48.9 Å². The van der Waals surface area contributed by atoms with Gasteiger partial charge in [0.05, 0.1) is 23.1 Å². The average Bonchev–Trinajstić information content (AvgIpc) is 3.32. The van der Waals surface area contributed by atoms with E-state index in [1.165, 1.54) is 28.7 Å². The second kappa shape index (κ2) is 8.04. The molecule has 2 aromatic heterocycles. The topological polar surface area (TPSA) is 69.0 Å². The van der Waals surface area contributed by atoms with Gasteiger partial charge in [0.15, 0.2) is 10.3 Å². The number of anilines is 1. The fourth-order valence-corrected chi connectivity index (χ4v) is 4.46. The number of nitrogens with zero attached hydrogens (tertiary/aromatic N) is 3. The zero-order valence-corrected chi connectivity index (χ0v) is 17.0. The molecule has 28 heavy (non-hydrogen) atoms. The first-order chi connectivity index (χ1) is 13.6. The van der Waals surface area contributed by atoms with Crippen molar-refractivity contribution in [1.82, 2.24) is 14.5 Å². The van der Waals surface area contributed by atoms with E-state index in [1.54, 1.807) is 13.3 Å². The van der Waals surface area contributed by atoms with E-state index >= 15 is 0 Å². The van der Waals surface area contributed by atoms with Gasteiger partial charge in [-0.3, -0.25) is 9.36 Å². The molecule has 0 radical (unpaired) electrons. The van der Waals surface area contributed by atoms with Gasteiger partial charge in [0.1, 0.15) is 5.75 Å². The SMILES string of the molecule is COc1ccc(-n2ccnc2SCC(=O)Nc2nc3ccc(C)cc3s2)cc1. The first kappa shape index (κ1) is 18.5. The number of carbonyl (C=O) groups is 1. The Kier molecular flexibility index (Phi) is 5.31. The molecule has 1 amide bonds. The molecule has 0 aliphatic carbocycles. The number of thioether (sulfide) groups is 1. The Bertz CT molecular complexity index is 1120. The highest BCUT2D eigenvalue weighted by Gasteiger charge is 2.12. The summed E-state index contributed by atoms with van der Waals surface area (Å²) in [6.07, 6.45) is 3.60. The van der Waals surface area contributed by atoms with Crippen molar-refractivity contribution in [3.05, 3.63) is 60.4 Å². The molecule has 142 valence electrons. The molecule has 4 rings (SSSR count). The number of hydrogen-bond donors (Lipinski definition) is 1. The third-order valence-corrected chi connectivity index (χ3v) is 5.98. The summed E-state index contributed by atoms with van der Waals surface area (Å²) >= 11 is 2.86. The zero-order chi connectivity index (χ0) is 19.5. The van der Waals surface area contributed by atoms with Gasteiger partial charge in [-0.2, -0.15) is 0 Å². The summed E-state index contributed by atoms with van der Waals surface area (Å²) in [5.41, 5.74) is 3.03. The Morgan fingerprint density at radius 1 is 1.25 bits per heavy atom. The van der Waals surface area contributed by atoms with Crippen LogP contribution >= 0.6 is 23.1 Å². The van der Waals surface area contributed by atoms with Crippen molar-refractivity contribution in [2.75, 3.05) is 18.2 Å². The first-order valence-corrected chi connectivity index (χ1v) is 10.4. The van der Waals surface area contributed by atoms with Gasteiger partial charge >= 0.3 is 0 Å². The van der Waals surface area contributed by atoms with E-state index in [2.05, 4.69) is 21.4 Å². The molecule has 4 aromatic rings. The van der Waals surface area contributed by atoms with E-state index in [4.69, 9.17) is 4.74 Å². The minimum atomic E-state index is -0.106. The van der Waals surface area contributed by atoms with E-state index in [0.29, 0.717) is 5.13 Å². The molecular weight excluding hydrogens is 392 g/mol. The minimum absolute atomic E-state index is 0.106. The second-order valence-electron chi connectivity index (χ2n) is 6.10. The second-order valence-corrected chi connectivity index (χ2v) is 8.08. The lowest BCUT2D eigenvalue weighted by atomic mass is 10.2. The number of amides is 1. The lowest BCUT2D eigenvalue weighted by molar-refractivity contribution is -0.113. The highest BCUT2D eigenvalue weighted by molar-refractivity contribution is 7.99. The van der Waals surface area contributed by atoms with Gasteiger partial charge in [0.2, 0.25) is 5.91 Å². The summed E-state index contributed by atoms with van der Waals surface area (Å²) in [7, 11) is 1.64. The van der Waals surface area contributed by atoms with Crippen LogP contribution in [0, 0.1) is 6.92 Å². The number of carbonyl (C=O) groups excluding carboxylic acids is 1. The number of ether oxygens (including phenoxy) is 1. The van der Waals surface area contributed by atoms with E-state index < -0.39 is 0 Å². The van der Waals surface area contributed by atoms with Crippen molar-refractivity contribution in [3.8, 4) is 11.4 Å². The van der Waals surface area contributed by atoms with Crippen molar-refractivity contribution in [1.29, 1.82) is 0 Å². The molecular formula is C20H18N4O2S2. The number of benzene rings is 2. The number of nitrogens with one attached hydrogen (secondary N) is 1. The molecule has 0 unspecified atom stereocenters. The standard InChI is InChI=1S/C20H18N4O2S2/c1-13-3-8-16-17(11-13)28-19(22-16)23-18(25)12-27-20-21-9-10-24(20)14-4-6-15(26-2)7-5-14/h3-11H,12H2,1-2H3,(H,22,23,25). The van der Waals surface area contributed by atoms with Crippen LogP contribution in [0.4, 0.5) is 5.13 Å². The third kappa shape index (κ3) is 4.02. The lowest BCUT2D eigenvalue weighted by Crippen LogP contribution is -2.14. The summed E-state index contributed by atoms with van der Waals surface area (Å²) in [5, 5.41) is 4.25. The summed E-state index contributed by atoms with van der Waals surface area (Å²) in [4.78, 5) is 21.2. The largest absolute Gasteiger partial charge is 0.497 e. The Balaban J connectivity index is 1.41. The lowest BCUT2D eigenvalue weighted by Gasteiger charge is -2.08. The van der Waals surface area contributed by atoms with Crippen molar-refractivity contribution < 1.29 is 9.53 Å². The molecule has 0 spiro atoms. The van der Waals surface area contributed by atoms with Gasteiger partial charge in [0.25, 0.3) is 0 Å². The zero-order valence-electron chi connectivity index (χ0n) is 15.4. The number of hydrogen-bond acceptors (Lipinski definition) is 6. The van der Waals surface area contributed by atoms with Crippen LogP contribution in [-0.4, -0.2) is 33.3 Å². The van der Waals surface area contributed by atoms with E-state index in [-0.39, 0.29) is 11.7 Å². The highest BCUT2D eigenvalue weighted by atomic mass is 32.2. The van der Waals surface area contributed by atoms with Crippen molar-refractivity contribution in [2.24, 2.45) is 0 Å². The van der Waals surface area contributed by atoms with Gasteiger partial charge in [0, 0.05) is 18.1 Å². The third-order valence-electron chi connectivity index (χ3n) is 4.08. The number of fused-ring (bicyclic) bond motifs is 1. The smallest absolute Gasteiger partial charge is 0.236 e. The molecule has 0 fully saturated rings. The Morgan fingerprint density at radius 2 is 2.07 bits per heavy atom. The summed E-state index contributed by atoms with van der Waals surface area (Å²) < 4.78 is 8.20. The molecule has 8 heteroatoms. The summed E-state index contributed by atoms with van der Waals surface area (Å²) in [5.74, 6) is 0.941. The van der Waals surface area contributed by atoms with Crippen LogP contribution in [0.15, 0.2) is 60.0 Å². The molecule has 0 saturated carbocycles. The Morgan fingerprint density at radius 3 is 2.86 bits per heavy atom. The maximum Gasteiger partial charge on any atom is 0.236 e. The summed E-state index contributed by atoms with van der Waals surface area (Å²) in [6, 6.07) is 13.8. The number of rotatable bonds is 6. The maximum absolute atomic E-state index is 12.4. The number of methoxy groups -OCH3 is 1.